The van der Waals surface area contributed by atoms with Gasteiger partial charge in [0.25, 0.3) is 0 Å². The van der Waals surface area contributed by atoms with Gasteiger partial charge in [0.2, 0.25) is 0 Å². The normalized spacial score (nSPS) is 11.5. The molecule has 0 fully saturated rings. The van der Waals surface area contributed by atoms with Crippen molar-refractivity contribution in [1.82, 2.24) is 9.55 Å². The lowest BCUT2D eigenvalue weighted by Gasteiger charge is -2.20. The van der Waals surface area contributed by atoms with E-state index in [-0.39, 0.29) is 5.97 Å². The third kappa shape index (κ3) is 6.90. The first-order valence-corrected chi connectivity index (χ1v) is 9.12. The maximum absolute atomic E-state index is 12.5. The average Bonchev–Trinajstić information content (AvgIpc) is 2.75. The summed E-state index contributed by atoms with van der Waals surface area (Å²) >= 11 is 0. The zero-order valence-electron chi connectivity index (χ0n) is 16.2. The molecule has 0 aliphatic carbocycles. The number of allylic oxidation sites excluding steroid dienone is 1. The van der Waals surface area contributed by atoms with Gasteiger partial charge in [-0.2, -0.15) is 0 Å². The van der Waals surface area contributed by atoms with Crippen LogP contribution in [0.4, 0.5) is 0 Å². The van der Waals surface area contributed by atoms with E-state index in [4.69, 9.17) is 4.74 Å². The SMILES string of the molecule is C=CCCCCCCCCc1nc(C)n(C)c1C(=O)OC(C)(C)C. The molecule has 0 aliphatic heterocycles. The molecule has 1 aromatic heterocycles. The molecule has 0 saturated carbocycles. The zero-order chi connectivity index (χ0) is 18.2. The fraction of sp³-hybridized carbons (Fsp3) is 0.700. The van der Waals surface area contributed by atoms with Crippen molar-refractivity contribution in [3.05, 3.63) is 29.9 Å². The van der Waals surface area contributed by atoms with Crippen LogP contribution in [0.5, 0.6) is 0 Å². The number of ether oxygens (including phenoxy) is 1. The summed E-state index contributed by atoms with van der Waals surface area (Å²) in [4.78, 5) is 17.0. The van der Waals surface area contributed by atoms with Gasteiger partial charge < -0.3 is 9.30 Å². The molecule has 1 heterocycles. The second-order valence-electron chi connectivity index (χ2n) is 7.46. The molecule has 0 amide bonds. The van der Waals surface area contributed by atoms with Gasteiger partial charge in [0.15, 0.2) is 5.69 Å². The largest absolute Gasteiger partial charge is 0.455 e. The van der Waals surface area contributed by atoms with Crippen LogP contribution >= 0.6 is 0 Å². The second kappa shape index (κ2) is 9.65. The highest BCUT2D eigenvalue weighted by Crippen LogP contribution is 2.19. The summed E-state index contributed by atoms with van der Waals surface area (Å²) in [6.45, 7) is 11.3. The molecule has 0 N–H and O–H groups in total. The molecule has 0 aromatic carbocycles. The molecule has 0 spiro atoms. The van der Waals surface area contributed by atoms with Crippen LogP contribution in [0.15, 0.2) is 12.7 Å². The number of hydrogen-bond donors (Lipinski definition) is 0. The highest BCUT2D eigenvalue weighted by atomic mass is 16.6. The van der Waals surface area contributed by atoms with Gasteiger partial charge in [0, 0.05) is 7.05 Å². The van der Waals surface area contributed by atoms with Crippen molar-refractivity contribution in [1.29, 1.82) is 0 Å². The number of aromatic nitrogens is 2. The average molecular weight is 335 g/mol. The highest BCUT2D eigenvalue weighted by molar-refractivity contribution is 5.89. The Morgan fingerprint density at radius 1 is 1.17 bits per heavy atom. The van der Waals surface area contributed by atoms with Crippen molar-refractivity contribution in [2.75, 3.05) is 0 Å². The van der Waals surface area contributed by atoms with Gasteiger partial charge in [0.1, 0.15) is 11.4 Å². The van der Waals surface area contributed by atoms with Gasteiger partial charge in [-0.3, -0.25) is 0 Å². The van der Waals surface area contributed by atoms with E-state index in [9.17, 15) is 4.79 Å². The van der Waals surface area contributed by atoms with Crippen LogP contribution < -0.4 is 0 Å². The summed E-state index contributed by atoms with van der Waals surface area (Å²) in [7, 11) is 1.88. The Bertz CT molecular complexity index is 539. The number of nitrogens with zero attached hydrogens (tertiary/aromatic N) is 2. The van der Waals surface area contributed by atoms with E-state index in [0.717, 1.165) is 30.8 Å². The maximum Gasteiger partial charge on any atom is 0.357 e. The second-order valence-corrected chi connectivity index (χ2v) is 7.46. The number of rotatable bonds is 10. The Kier molecular flexibility index (Phi) is 8.23. The molecule has 0 atom stereocenters. The van der Waals surface area contributed by atoms with Crippen molar-refractivity contribution in [3.8, 4) is 0 Å². The Hall–Kier alpha value is -1.58. The number of hydrogen-bond acceptors (Lipinski definition) is 3. The molecular weight excluding hydrogens is 300 g/mol. The van der Waals surface area contributed by atoms with Gasteiger partial charge in [-0.1, -0.05) is 31.8 Å². The number of esters is 1. The van der Waals surface area contributed by atoms with Crippen LogP contribution in [-0.2, 0) is 18.2 Å². The van der Waals surface area contributed by atoms with E-state index < -0.39 is 5.60 Å². The predicted octanol–water partition coefficient (Wildman–Crippen LogP) is 5.14. The maximum atomic E-state index is 12.5. The molecule has 0 aliphatic rings. The van der Waals surface area contributed by atoms with Crippen molar-refractivity contribution in [3.63, 3.8) is 0 Å². The smallest absolute Gasteiger partial charge is 0.357 e. The summed E-state index contributed by atoms with van der Waals surface area (Å²) in [5.41, 5.74) is 0.988. The first-order chi connectivity index (χ1) is 11.3. The fourth-order valence-electron chi connectivity index (χ4n) is 2.72. The van der Waals surface area contributed by atoms with E-state index >= 15 is 0 Å². The molecule has 0 saturated heterocycles. The molecule has 136 valence electrons. The van der Waals surface area contributed by atoms with E-state index in [0.29, 0.717) is 5.69 Å². The third-order valence-electron chi connectivity index (χ3n) is 4.05. The number of aryl methyl sites for hydroxylation is 2. The van der Waals surface area contributed by atoms with Crippen LogP contribution in [0.2, 0.25) is 0 Å². The summed E-state index contributed by atoms with van der Waals surface area (Å²) in [5.74, 6) is 0.584. The van der Waals surface area contributed by atoms with E-state index in [2.05, 4.69) is 11.6 Å². The quantitative estimate of drug-likeness (QED) is 0.338. The van der Waals surface area contributed by atoms with Crippen molar-refractivity contribution < 1.29 is 9.53 Å². The lowest BCUT2D eigenvalue weighted by Crippen LogP contribution is -2.26. The van der Waals surface area contributed by atoms with Crippen LogP contribution in [0.3, 0.4) is 0 Å². The van der Waals surface area contributed by atoms with Crippen LogP contribution in [0, 0.1) is 6.92 Å². The standard InChI is InChI=1S/C20H34N2O2/c1-7-8-9-10-11-12-13-14-15-17-18(22(6)16(2)21-17)19(23)24-20(3,4)5/h7H,1,8-15H2,2-6H3. The minimum atomic E-state index is -0.488. The molecule has 24 heavy (non-hydrogen) atoms. The lowest BCUT2D eigenvalue weighted by molar-refractivity contribution is 0.00573. The van der Waals surface area contributed by atoms with E-state index in [1.54, 1.807) is 0 Å². The number of imidazole rings is 1. The van der Waals surface area contributed by atoms with Crippen molar-refractivity contribution in [2.45, 2.75) is 84.7 Å². The Morgan fingerprint density at radius 3 is 2.33 bits per heavy atom. The topological polar surface area (TPSA) is 44.1 Å². The van der Waals surface area contributed by atoms with Crippen molar-refractivity contribution >= 4 is 5.97 Å². The Balaban J connectivity index is 2.52. The Morgan fingerprint density at radius 2 is 1.75 bits per heavy atom. The molecular formula is C20H34N2O2. The van der Waals surface area contributed by atoms with Crippen molar-refractivity contribution in [2.24, 2.45) is 7.05 Å². The van der Waals surface area contributed by atoms with Gasteiger partial charge in [0.05, 0.1) is 5.69 Å². The van der Waals surface area contributed by atoms with Crippen LogP contribution in [-0.4, -0.2) is 21.1 Å². The molecule has 0 bridgehead atoms. The van der Waals surface area contributed by atoms with Crippen LogP contribution in [0.1, 0.15) is 87.7 Å². The predicted molar refractivity (Wildman–Crippen MR) is 99.3 cm³/mol. The summed E-state index contributed by atoms with van der Waals surface area (Å²) in [6, 6.07) is 0. The number of carbonyl (C=O) groups is 1. The molecule has 0 radical (unpaired) electrons. The molecule has 1 aromatic rings. The summed E-state index contributed by atoms with van der Waals surface area (Å²) < 4.78 is 7.38. The summed E-state index contributed by atoms with van der Waals surface area (Å²) in [5, 5.41) is 0. The molecule has 0 unspecified atom stereocenters. The molecule has 4 heteroatoms. The van der Waals surface area contributed by atoms with Gasteiger partial charge >= 0.3 is 5.97 Å². The van der Waals surface area contributed by atoms with E-state index in [1.165, 1.54) is 32.1 Å². The van der Waals surface area contributed by atoms with Crippen LogP contribution in [0.25, 0.3) is 0 Å². The monoisotopic (exact) mass is 334 g/mol. The minimum Gasteiger partial charge on any atom is -0.455 e. The minimum absolute atomic E-state index is 0.273. The van der Waals surface area contributed by atoms with Gasteiger partial charge in [-0.15, -0.1) is 6.58 Å². The van der Waals surface area contributed by atoms with Gasteiger partial charge in [-0.25, -0.2) is 9.78 Å². The number of carbonyl (C=O) groups excluding carboxylic acids is 1. The summed E-state index contributed by atoms with van der Waals surface area (Å²) in [6.07, 6.45) is 11.2. The highest BCUT2D eigenvalue weighted by Gasteiger charge is 2.24. The Labute approximate surface area is 147 Å². The zero-order valence-corrected chi connectivity index (χ0v) is 16.2. The molecule has 4 nitrogen and oxygen atoms in total. The van der Waals surface area contributed by atoms with E-state index in [1.807, 2.05) is 45.4 Å². The molecule has 1 rings (SSSR count). The lowest BCUT2D eigenvalue weighted by atomic mass is 10.1. The van der Waals surface area contributed by atoms with Gasteiger partial charge in [-0.05, 0) is 53.4 Å². The first kappa shape index (κ1) is 20.5. The fourth-order valence-corrected chi connectivity index (χ4v) is 2.72. The third-order valence-corrected chi connectivity index (χ3v) is 4.05. The number of unbranched alkanes of at least 4 members (excludes halogenated alkanes) is 6. The first-order valence-electron chi connectivity index (χ1n) is 9.12.